The highest BCUT2D eigenvalue weighted by atomic mass is 19.4. The Morgan fingerprint density at radius 3 is 1.97 bits per heavy atom. The molecule has 6 heteroatoms. The minimum absolute atomic E-state index is 0.0978. The molecule has 3 rings (SSSR count). The molecule has 0 aromatic heterocycles. The Morgan fingerprint density at radius 2 is 1.41 bits per heavy atom. The summed E-state index contributed by atoms with van der Waals surface area (Å²) in [7, 11) is 1.62. The highest BCUT2D eigenvalue weighted by molar-refractivity contribution is 5.70. The van der Waals surface area contributed by atoms with Crippen LogP contribution in [-0.2, 0) is 23.9 Å². The van der Waals surface area contributed by atoms with Crippen molar-refractivity contribution in [3.63, 3.8) is 0 Å². The molecule has 1 atom stereocenters. The maximum atomic E-state index is 13.3. The summed E-state index contributed by atoms with van der Waals surface area (Å²) < 4.78 is 45.4. The minimum atomic E-state index is -4.41. The number of hydrogen-bond acceptors (Lipinski definition) is 3. The number of aryl methyl sites for hydroxylation is 2. The molecule has 3 aromatic carbocycles. The summed E-state index contributed by atoms with van der Waals surface area (Å²) in [6.07, 6.45) is -3.72. The van der Waals surface area contributed by atoms with E-state index >= 15 is 0 Å². The molecule has 3 nitrogen and oxygen atoms in total. The van der Waals surface area contributed by atoms with Crippen molar-refractivity contribution in [2.24, 2.45) is 0 Å². The number of hydrogen-bond donors (Lipinski definition) is 2. The fourth-order valence-corrected chi connectivity index (χ4v) is 3.48. The van der Waals surface area contributed by atoms with Gasteiger partial charge in [-0.05, 0) is 49.6 Å². The number of halogens is 3. The lowest BCUT2D eigenvalue weighted by Crippen LogP contribution is -2.28. The first-order valence-electron chi connectivity index (χ1n) is 10.6. The number of methoxy groups -OCH3 is 1. The van der Waals surface area contributed by atoms with Gasteiger partial charge >= 0.3 is 6.18 Å². The van der Waals surface area contributed by atoms with Gasteiger partial charge in [-0.2, -0.15) is 13.2 Å². The molecule has 3 aromatic rings. The average molecular weight is 443 g/mol. The van der Waals surface area contributed by atoms with Crippen LogP contribution in [0.2, 0.25) is 0 Å². The molecule has 0 aliphatic heterocycles. The predicted molar refractivity (Wildman–Crippen MR) is 124 cm³/mol. The molecule has 0 saturated heterocycles. The zero-order chi connectivity index (χ0) is 23.1. The van der Waals surface area contributed by atoms with E-state index in [0.717, 1.165) is 28.8 Å². The van der Waals surface area contributed by atoms with E-state index in [1.54, 1.807) is 7.11 Å². The van der Waals surface area contributed by atoms with Crippen molar-refractivity contribution in [1.82, 2.24) is 0 Å². The molecule has 0 fully saturated rings. The number of nitrogens with one attached hydrogen (secondary N) is 2. The molecule has 0 unspecified atom stereocenters. The van der Waals surface area contributed by atoms with E-state index in [4.69, 9.17) is 4.74 Å². The van der Waals surface area contributed by atoms with Gasteiger partial charge in [0, 0.05) is 13.7 Å². The van der Waals surface area contributed by atoms with Crippen LogP contribution >= 0.6 is 0 Å². The Labute approximate surface area is 187 Å². The largest absolute Gasteiger partial charge is 0.416 e. The van der Waals surface area contributed by atoms with Crippen LogP contribution in [0, 0.1) is 13.8 Å². The third-order valence-electron chi connectivity index (χ3n) is 5.28. The van der Waals surface area contributed by atoms with Crippen LogP contribution in [0.4, 0.5) is 24.5 Å². The maximum Gasteiger partial charge on any atom is 0.416 e. The normalized spacial score (nSPS) is 12.4. The van der Waals surface area contributed by atoms with Gasteiger partial charge in [0.15, 0.2) is 0 Å². The molecule has 0 bridgehead atoms. The Kier molecular flexibility index (Phi) is 7.80. The molecule has 0 aliphatic rings. The predicted octanol–water partition coefficient (Wildman–Crippen LogP) is 6.60. The highest BCUT2D eigenvalue weighted by Crippen LogP contribution is 2.34. The average Bonchev–Trinajstić information content (AvgIpc) is 2.75. The van der Waals surface area contributed by atoms with Crippen molar-refractivity contribution in [3.05, 3.63) is 94.5 Å². The third kappa shape index (κ3) is 6.76. The van der Waals surface area contributed by atoms with Gasteiger partial charge in [-0.25, -0.2) is 0 Å². The number of benzene rings is 3. The SMILES string of the molecule is COC[C@H](Cc1ccc(C)cc1)Nc1ccc(C(F)(F)F)cc1NCc1ccc(C)cc1. The van der Waals surface area contributed by atoms with Gasteiger partial charge < -0.3 is 15.4 Å². The number of rotatable bonds is 9. The smallest absolute Gasteiger partial charge is 0.383 e. The second-order valence-corrected chi connectivity index (χ2v) is 8.08. The summed E-state index contributed by atoms with van der Waals surface area (Å²) in [6.45, 7) is 4.87. The van der Waals surface area contributed by atoms with Crippen molar-refractivity contribution in [3.8, 4) is 0 Å². The van der Waals surface area contributed by atoms with Crippen LogP contribution in [0.25, 0.3) is 0 Å². The highest BCUT2D eigenvalue weighted by Gasteiger charge is 2.31. The Hall–Kier alpha value is -2.99. The van der Waals surface area contributed by atoms with E-state index < -0.39 is 11.7 Å². The molecule has 0 aliphatic carbocycles. The summed E-state index contributed by atoms with van der Waals surface area (Å²) in [5.74, 6) is 0. The number of anilines is 2. The number of alkyl halides is 3. The molecule has 170 valence electrons. The standard InChI is InChI=1S/C26H29F3N2O/c1-18-4-8-20(9-5-18)14-23(17-32-3)31-24-13-12-22(26(27,28)29)15-25(24)30-16-21-10-6-19(2)7-11-21/h4-13,15,23,30-31H,14,16-17H2,1-3H3/t23-/m0/s1. The van der Waals surface area contributed by atoms with Crippen LogP contribution in [-0.4, -0.2) is 19.8 Å². The molecule has 0 heterocycles. The molecular formula is C26H29F3N2O. The van der Waals surface area contributed by atoms with Crippen molar-refractivity contribution >= 4 is 11.4 Å². The number of ether oxygens (including phenoxy) is 1. The Balaban J connectivity index is 1.83. The van der Waals surface area contributed by atoms with Crippen LogP contribution in [0.3, 0.4) is 0 Å². The first-order chi connectivity index (χ1) is 15.2. The van der Waals surface area contributed by atoms with E-state index in [2.05, 4.69) is 22.8 Å². The second kappa shape index (κ2) is 10.6. The second-order valence-electron chi connectivity index (χ2n) is 8.08. The van der Waals surface area contributed by atoms with Gasteiger partial charge in [0.1, 0.15) is 0 Å². The molecule has 0 amide bonds. The van der Waals surface area contributed by atoms with Gasteiger partial charge in [0.05, 0.1) is 29.6 Å². The van der Waals surface area contributed by atoms with E-state index in [1.807, 2.05) is 50.2 Å². The molecule has 32 heavy (non-hydrogen) atoms. The zero-order valence-electron chi connectivity index (χ0n) is 18.6. The summed E-state index contributed by atoms with van der Waals surface area (Å²) in [5.41, 5.74) is 4.77. The third-order valence-corrected chi connectivity index (χ3v) is 5.28. The van der Waals surface area contributed by atoms with Gasteiger partial charge in [-0.3, -0.25) is 0 Å². The van der Waals surface area contributed by atoms with Gasteiger partial charge in [-0.15, -0.1) is 0 Å². The van der Waals surface area contributed by atoms with Crippen molar-refractivity contribution < 1.29 is 17.9 Å². The Morgan fingerprint density at radius 1 is 0.812 bits per heavy atom. The van der Waals surface area contributed by atoms with Crippen LogP contribution in [0.15, 0.2) is 66.7 Å². The van der Waals surface area contributed by atoms with Crippen LogP contribution < -0.4 is 10.6 Å². The van der Waals surface area contributed by atoms with E-state index in [0.29, 0.717) is 30.9 Å². The van der Waals surface area contributed by atoms with Crippen molar-refractivity contribution in [2.75, 3.05) is 24.4 Å². The lowest BCUT2D eigenvalue weighted by atomic mass is 10.0. The summed E-state index contributed by atoms with van der Waals surface area (Å²) in [5, 5.41) is 6.56. The fraction of sp³-hybridized carbons (Fsp3) is 0.308. The topological polar surface area (TPSA) is 33.3 Å². The van der Waals surface area contributed by atoms with Crippen molar-refractivity contribution in [2.45, 2.75) is 39.0 Å². The van der Waals surface area contributed by atoms with Gasteiger partial charge in [-0.1, -0.05) is 59.7 Å². The summed E-state index contributed by atoms with van der Waals surface area (Å²) >= 11 is 0. The maximum absolute atomic E-state index is 13.3. The fourth-order valence-electron chi connectivity index (χ4n) is 3.48. The molecule has 2 N–H and O–H groups in total. The quantitative estimate of drug-likeness (QED) is 0.391. The van der Waals surface area contributed by atoms with Crippen molar-refractivity contribution in [1.29, 1.82) is 0 Å². The minimum Gasteiger partial charge on any atom is -0.383 e. The van der Waals surface area contributed by atoms with Crippen LogP contribution in [0.1, 0.15) is 27.8 Å². The van der Waals surface area contributed by atoms with Gasteiger partial charge in [0.2, 0.25) is 0 Å². The molecule has 0 radical (unpaired) electrons. The van der Waals surface area contributed by atoms with Crippen LogP contribution in [0.5, 0.6) is 0 Å². The first kappa shape index (κ1) is 23.7. The zero-order valence-corrected chi connectivity index (χ0v) is 18.6. The molecule has 0 spiro atoms. The first-order valence-corrected chi connectivity index (χ1v) is 10.6. The lowest BCUT2D eigenvalue weighted by molar-refractivity contribution is -0.137. The molecule has 0 saturated carbocycles. The van der Waals surface area contributed by atoms with E-state index in [9.17, 15) is 13.2 Å². The summed E-state index contributed by atoms with van der Waals surface area (Å²) in [6, 6.07) is 19.8. The van der Waals surface area contributed by atoms with Gasteiger partial charge in [0.25, 0.3) is 0 Å². The van der Waals surface area contributed by atoms with E-state index in [1.165, 1.54) is 11.6 Å². The lowest BCUT2D eigenvalue weighted by Gasteiger charge is -2.23. The summed E-state index contributed by atoms with van der Waals surface area (Å²) in [4.78, 5) is 0. The van der Waals surface area contributed by atoms with E-state index in [-0.39, 0.29) is 6.04 Å². The monoisotopic (exact) mass is 442 g/mol. The molecular weight excluding hydrogens is 413 g/mol. The Bertz CT molecular complexity index is 999.